The van der Waals surface area contributed by atoms with Gasteiger partial charge < -0.3 is 9.64 Å². The summed E-state index contributed by atoms with van der Waals surface area (Å²) in [5.41, 5.74) is 2.71. The number of allylic oxidation sites excluding steroid dienone is 1. The standard InChI is InChI=1S/C26H22ClN3O4S/c1-4-13-29-18-12-8-6-10-16(18)20(23(29)31)22-24(32)30-21(15-9-5-7-11-17(15)27)19(25(33)34-3)14(2)28-26(30)35-22/h5-12,21H,4,13H2,1-3H3/b22-20-. The molecule has 0 N–H and O–H groups in total. The lowest BCUT2D eigenvalue weighted by Crippen LogP contribution is -2.41. The van der Waals surface area contributed by atoms with Gasteiger partial charge in [-0.05, 0) is 31.0 Å². The van der Waals surface area contributed by atoms with Gasteiger partial charge in [0.2, 0.25) is 0 Å². The molecule has 35 heavy (non-hydrogen) atoms. The first kappa shape index (κ1) is 23.3. The number of hydrogen-bond donors (Lipinski definition) is 0. The summed E-state index contributed by atoms with van der Waals surface area (Å²) in [5.74, 6) is -0.804. The molecular weight excluding hydrogens is 486 g/mol. The molecule has 0 saturated heterocycles. The maximum Gasteiger partial charge on any atom is 0.338 e. The SMILES string of the molecule is CCCN1C(=O)/C(=c2\sc3n(c2=O)C(c2ccccc2Cl)C(C(=O)OC)=C(C)N=3)c2ccccc21. The number of nitrogens with zero attached hydrogens (tertiary/aromatic N) is 3. The predicted molar refractivity (Wildman–Crippen MR) is 135 cm³/mol. The number of methoxy groups -OCH3 is 1. The number of rotatable bonds is 4. The molecule has 5 rings (SSSR count). The highest BCUT2D eigenvalue weighted by Crippen LogP contribution is 2.36. The molecule has 1 atom stereocenters. The largest absolute Gasteiger partial charge is 0.466 e. The lowest BCUT2D eigenvalue weighted by atomic mass is 9.96. The second-order valence-electron chi connectivity index (χ2n) is 8.26. The van der Waals surface area contributed by atoms with Crippen molar-refractivity contribution in [1.29, 1.82) is 0 Å². The van der Waals surface area contributed by atoms with Gasteiger partial charge in [0.15, 0.2) is 4.80 Å². The molecule has 9 heteroatoms. The summed E-state index contributed by atoms with van der Waals surface area (Å²) >= 11 is 7.68. The van der Waals surface area contributed by atoms with E-state index in [1.807, 2.05) is 31.2 Å². The number of para-hydroxylation sites is 1. The first-order valence-corrected chi connectivity index (χ1v) is 12.4. The molecule has 0 radical (unpaired) electrons. The number of ether oxygens (including phenoxy) is 1. The Balaban J connectivity index is 1.85. The van der Waals surface area contributed by atoms with Gasteiger partial charge in [0.1, 0.15) is 10.6 Å². The number of fused-ring (bicyclic) bond motifs is 2. The summed E-state index contributed by atoms with van der Waals surface area (Å²) in [5, 5.41) is 0.406. The first-order valence-electron chi connectivity index (χ1n) is 11.2. The van der Waals surface area contributed by atoms with Crippen molar-refractivity contribution >= 4 is 46.1 Å². The molecule has 0 saturated carbocycles. The number of amides is 1. The number of carbonyl (C=O) groups is 2. The third-order valence-corrected chi connectivity index (χ3v) is 7.60. The Morgan fingerprint density at radius 1 is 1.14 bits per heavy atom. The van der Waals surface area contributed by atoms with E-state index in [9.17, 15) is 14.4 Å². The lowest BCUT2D eigenvalue weighted by Gasteiger charge is -2.25. The Kier molecular flexibility index (Phi) is 5.94. The molecule has 3 heterocycles. The molecule has 1 amide bonds. The number of thiazole rings is 1. The number of anilines is 1. The fraction of sp³-hybridized carbons (Fsp3) is 0.231. The molecule has 1 aromatic heterocycles. The molecule has 178 valence electrons. The van der Waals surface area contributed by atoms with Crippen LogP contribution in [0.4, 0.5) is 5.69 Å². The van der Waals surface area contributed by atoms with Crippen LogP contribution in [0.1, 0.15) is 37.4 Å². The Labute approximate surface area is 210 Å². The van der Waals surface area contributed by atoms with Crippen LogP contribution in [-0.2, 0) is 14.3 Å². The van der Waals surface area contributed by atoms with Crippen LogP contribution in [0, 0.1) is 0 Å². The van der Waals surface area contributed by atoms with Crippen LogP contribution in [0.25, 0.3) is 5.57 Å². The number of esters is 1. The van der Waals surface area contributed by atoms with Gasteiger partial charge in [0, 0.05) is 17.1 Å². The molecule has 2 aromatic carbocycles. The van der Waals surface area contributed by atoms with E-state index in [1.54, 1.807) is 36.1 Å². The van der Waals surface area contributed by atoms with Gasteiger partial charge >= 0.3 is 5.97 Å². The highest BCUT2D eigenvalue weighted by atomic mass is 35.5. The van der Waals surface area contributed by atoms with Gasteiger partial charge in [-0.1, -0.05) is 66.3 Å². The fourth-order valence-electron chi connectivity index (χ4n) is 4.68. The van der Waals surface area contributed by atoms with Crippen molar-refractivity contribution in [1.82, 2.24) is 4.57 Å². The minimum absolute atomic E-state index is 0.212. The van der Waals surface area contributed by atoms with E-state index in [0.717, 1.165) is 29.0 Å². The summed E-state index contributed by atoms with van der Waals surface area (Å²) in [4.78, 5) is 47.0. The molecular formula is C26H22ClN3O4S. The summed E-state index contributed by atoms with van der Waals surface area (Å²) in [6.45, 7) is 4.25. The molecule has 0 fully saturated rings. The van der Waals surface area contributed by atoms with Crippen molar-refractivity contribution in [2.45, 2.75) is 26.3 Å². The first-order chi connectivity index (χ1) is 16.9. The van der Waals surface area contributed by atoms with E-state index in [1.165, 1.54) is 11.7 Å². The topological polar surface area (TPSA) is 81.0 Å². The lowest BCUT2D eigenvalue weighted by molar-refractivity contribution is -0.136. The molecule has 0 bridgehead atoms. The molecule has 1 unspecified atom stereocenters. The smallest absolute Gasteiger partial charge is 0.338 e. The van der Waals surface area contributed by atoms with Crippen LogP contribution in [0.2, 0.25) is 5.02 Å². The van der Waals surface area contributed by atoms with Crippen LogP contribution in [0.3, 0.4) is 0 Å². The van der Waals surface area contributed by atoms with Gasteiger partial charge in [0.05, 0.1) is 29.6 Å². The zero-order chi connectivity index (χ0) is 24.9. The van der Waals surface area contributed by atoms with Crippen LogP contribution >= 0.6 is 22.9 Å². The second kappa shape index (κ2) is 8.94. The zero-order valence-electron chi connectivity index (χ0n) is 19.4. The van der Waals surface area contributed by atoms with Crippen molar-refractivity contribution in [3.63, 3.8) is 0 Å². The van der Waals surface area contributed by atoms with Gasteiger partial charge in [-0.15, -0.1) is 0 Å². The Morgan fingerprint density at radius 2 is 1.86 bits per heavy atom. The number of hydrogen-bond acceptors (Lipinski definition) is 6. The van der Waals surface area contributed by atoms with E-state index >= 15 is 0 Å². The Morgan fingerprint density at radius 3 is 2.57 bits per heavy atom. The minimum atomic E-state index is -0.833. The molecule has 2 aliphatic rings. The van der Waals surface area contributed by atoms with Crippen LogP contribution in [0.5, 0.6) is 0 Å². The van der Waals surface area contributed by atoms with Crippen molar-refractivity contribution in [2.75, 3.05) is 18.6 Å². The summed E-state index contributed by atoms with van der Waals surface area (Å²) < 4.78 is 6.78. The van der Waals surface area contributed by atoms with Crippen LogP contribution in [0.15, 0.2) is 69.6 Å². The van der Waals surface area contributed by atoms with Gasteiger partial charge in [-0.25, -0.2) is 9.79 Å². The molecule has 3 aromatic rings. The quantitative estimate of drug-likeness (QED) is 0.508. The number of benzene rings is 2. The van der Waals surface area contributed by atoms with Crippen molar-refractivity contribution in [3.05, 3.63) is 95.6 Å². The van der Waals surface area contributed by atoms with Gasteiger partial charge in [0.25, 0.3) is 11.5 Å². The van der Waals surface area contributed by atoms with Crippen molar-refractivity contribution < 1.29 is 14.3 Å². The van der Waals surface area contributed by atoms with Crippen molar-refractivity contribution in [3.8, 4) is 0 Å². The number of halogens is 1. The molecule has 0 spiro atoms. The third-order valence-electron chi connectivity index (χ3n) is 6.20. The average Bonchev–Trinajstić information content (AvgIpc) is 3.31. The zero-order valence-corrected chi connectivity index (χ0v) is 20.9. The molecule has 2 aliphatic heterocycles. The maximum atomic E-state index is 14.0. The maximum absolute atomic E-state index is 14.0. The van der Waals surface area contributed by atoms with Crippen LogP contribution in [-0.4, -0.2) is 30.1 Å². The minimum Gasteiger partial charge on any atom is -0.466 e. The van der Waals surface area contributed by atoms with E-state index in [-0.39, 0.29) is 16.0 Å². The average molecular weight is 508 g/mol. The molecule has 7 nitrogen and oxygen atoms in total. The van der Waals surface area contributed by atoms with E-state index in [0.29, 0.717) is 33.2 Å². The second-order valence-corrected chi connectivity index (χ2v) is 9.65. The Bertz CT molecular complexity index is 1600. The number of aromatic nitrogens is 1. The monoisotopic (exact) mass is 507 g/mol. The van der Waals surface area contributed by atoms with Gasteiger partial charge in [-0.3, -0.25) is 14.2 Å². The highest BCUT2D eigenvalue weighted by Gasteiger charge is 2.37. The van der Waals surface area contributed by atoms with E-state index in [4.69, 9.17) is 16.3 Å². The third kappa shape index (κ3) is 3.56. The highest BCUT2D eigenvalue weighted by molar-refractivity contribution is 7.07. The summed E-state index contributed by atoms with van der Waals surface area (Å²) in [6, 6.07) is 13.7. The summed E-state index contributed by atoms with van der Waals surface area (Å²) in [6.07, 6.45) is 0.781. The normalized spacial score (nSPS) is 18.3. The number of carbonyl (C=O) groups excluding carboxylic acids is 2. The Hall–Kier alpha value is -3.49. The predicted octanol–water partition coefficient (Wildman–Crippen LogP) is 3.19. The summed E-state index contributed by atoms with van der Waals surface area (Å²) in [7, 11) is 1.29. The van der Waals surface area contributed by atoms with E-state index < -0.39 is 17.6 Å². The van der Waals surface area contributed by atoms with E-state index in [2.05, 4.69) is 4.99 Å². The molecule has 0 aliphatic carbocycles. The van der Waals surface area contributed by atoms with Crippen molar-refractivity contribution in [2.24, 2.45) is 4.99 Å². The van der Waals surface area contributed by atoms with Gasteiger partial charge in [-0.2, -0.15) is 0 Å². The fourth-order valence-corrected chi connectivity index (χ4v) is 6.06. The van der Waals surface area contributed by atoms with Crippen LogP contribution < -0.4 is 19.8 Å².